The van der Waals surface area contributed by atoms with Crippen LogP contribution in [0.5, 0.6) is 5.75 Å². The molecule has 0 bridgehead atoms. The topological polar surface area (TPSA) is 54.9 Å². The Morgan fingerprint density at radius 3 is 2.91 bits per heavy atom. The number of aliphatic imine (C=N–C) groups is 1. The Morgan fingerprint density at radius 2 is 2.18 bits per heavy atom. The smallest absolute Gasteiger partial charge is 0.191 e. The summed E-state index contributed by atoms with van der Waals surface area (Å²) in [5.74, 6) is 1.65. The van der Waals surface area contributed by atoms with E-state index in [-0.39, 0.29) is 0 Å². The first kappa shape index (κ1) is 18.0. The summed E-state index contributed by atoms with van der Waals surface area (Å²) in [6.45, 7) is 9.22. The van der Waals surface area contributed by atoms with Crippen LogP contribution in [0.4, 0.5) is 0 Å². The van der Waals surface area contributed by atoms with E-state index < -0.39 is 0 Å². The number of guanidine groups is 1. The van der Waals surface area contributed by atoms with Crippen LogP contribution in [0.3, 0.4) is 0 Å². The number of nitrogens with one attached hydrogen (secondary N) is 2. The maximum atomic E-state index is 5.69. The summed E-state index contributed by atoms with van der Waals surface area (Å²) in [7, 11) is 1.70. The van der Waals surface area contributed by atoms with Crippen molar-refractivity contribution in [1.82, 2.24) is 10.6 Å². The van der Waals surface area contributed by atoms with Crippen molar-refractivity contribution in [1.29, 1.82) is 0 Å². The summed E-state index contributed by atoms with van der Waals surface area (Å²) in [5.41, 5.74) is 1.11. The summed E-state index contributed by atoms with van der Waals surface area (Å²) in [4.78, 5) is 4.54. The molecule has 0 radical (unpaired) electrons. The van der Waals surface area contributed by atoms with E-state index in [0.29, 0.717) is 26.3 Å². The molecule has 0 atom stereocenters. The van der Waals surface area contributed by atoms with Gasteiger partial charge in [-0.1, -0.05) is 18.2 Å². The quantitative estimate of drug-likeness (QED) is 0.301. The highest BCUT2D eigenvalue weighted by Gasteiger charge is 1.99. The van der Waals surface area contributed by atoms with E-state index in [1.165, 1.54) is 0 Å². The Morgan fingerprint density at radius 1 is 1.32 bits per heavy atom. The van der Waals surface area contributed by atoms with Crippen molar-refractivity contribution < 1.29 is 9.47 Å². The van der Waals surface area contributed by atoms with Crippen LogP contribution in [0, 0.1) is 0 Å². The summed E-state index contributed by atoms with van der Waals surface area (Å²) in [6.07, 6.45) is 2.69. The highest BCUT2D eigenvalue weighted by Crippen LogP contribution is 2.14. The molecule has 0 fully saturated rings. The Balaban J connectivity index is 2.54. The van der Waals surface area contributed by atoms with Gasteiger partial charge in [0.25, 0.3) is 0 Å². The lowest BCUT2D eigenvalue weighted by molar-refractivity contribution is 0.172. The standard InChI is InChI=1S/C17H27N3O2/c1-4-10-19-17(18-5-2)20-14-15-8-6-9-16(13-15)22-12-7-11-21-3/h4,6,8-9,13H,1,5,7,10-12,14H2,2-3H3,(H2,18,19,20). The largest absolute Gasteiger partial charge is 0.493 e. The number of benzene rings is 1. The van der Waals surface area contributed by atoms with Gasteiger partial charge >= 0.3 is 0 Å². The van der Waals surface area contributed by atoms with Crippen LogP contribution >= 0.6 is 0 Å². The van der Waals surface area contributed by atoms with Gasteiger partial charge in [-0.15, -0.1) is 6.58 Å². The first-order chi connectivity index (χ1) is 10.8. The first-order valence-corrected chi connectivity index (χ1v) is 7.64. The fraction of sp³-hybridized carbons (Fsp3) is 0.471. The minimum absolute atomic E-state index is 0.599. The van der Waals surface area contributed by atoms with Gasteiger partial charge in [0.2, 0.25) is 0 Å². The lowest BCUT2D eigenvalue weighted by atomic mass is 10.2. The molecule has 5 heteroatoms. The molecule has 122 valence electrons. The van der Waals surface area contributed by atoms with Crippen LogP contribution in [0.25, 0.3) is 0 Å². The van der Waals surface area contributed by atoms with Gasteiger partial charge in [0.1, 0.15) is 5.75 Å². The Kier molecular flexibility index (Phi) is 9.54. The summed E-state index contributed by atoms with van der Waals surface area (Å²) in [6, 6.07) is 8.01. The number of nitrogens with zero attached hydrogens (tertiary/aromatic N) is 1. The fourth-order valence-electron chi connectivity index (χ4n) is 1.81. The molecule has 1 aromatic rings. The van der Waals surface area contributed by atoms with E-state index in [1.54, 1.807) is 13.2 Å². The number of ether oxygens (including phenoxy) is 2. The third kappa shape index (κ3) is 7.69. The molecule has 1 aromatic carbocycles. The van der Waals surface area contributed by atoms with E-state index in [9.17, 15) is 0 Å². The molecular formula is C17H27N3O2. The molecule has 0 amide bonds. The molecule has 22 heavy (non-hydrogen) atoms. The second kappa shape index (κ2) is 11.6. The van der Waals surface area contributed by atoms with E-state index in [4.69, 9.17) is 9.47 Å². The van der Waals surface area contributed by atoms with Crippen molar-refractivity contribution in [3.8, 4) is 5.75 Å². The third-order valence-corrected chi connectivity index (χ3v) is 2.84. The van der Waals surface area contributed by atoms with Crippen LogP contribution in [-0.2, 0) is 11.3 Å². The maximum absolute atomic E-state index is 5.69. The molecule has 0 unspecified atom stereocenters. The number of methoxy groups -OCH3 is 1. The molecule has 0 aromatic heterocycles. The Hall–Kier alpha value is -2.01. The highest BCUT2D eigenvalue weighted by molar-refractivity contribution is 5.79. The van der Waals surface area contributed by atoms with Gasteiger partial charge in [0.05, 0.1) is 13.2 Å². The summed E-state index contributed by atoms with van der Waals surface area (Å²) >= 11 is 0. The van der Waals surface area contributed by atoms with Gasteiger partial charge in [0, 0.05) is 33.2 Å². The molecule has 0 aliphatic heterocycles. The molecule has 0 spiro atoms. The average molecular weight is 305 g/mol. The van der Waals surface area contributed by atoms with Gasteiger partial charge in [-0.2, -0.15) is 0 Å². The molecular weight excluding hydrogens is 278 g/mol. The SMILES string of the molecule is C=CCNC(=NCc1cccc(OCCCOC)c1)NCC. The summed E-state index contributed by atoms with van der Waals surface area (Å²) < 4.78 is 10.7. The minimum atomic E-state index is 0.599. The van der Waals surface area contributed by atoms with Crippen LogP contribution < -0.4 is 15.4 Å². The van der Waals surface area contributed by atoms with Crippen molar-refractivity contribution in [3.63, 3.8) is 0 Å². The maximum Gasteiger partial charge on any atom is 0.191 e. The van der Waals surface area contributed by atoms with Gasteiger partial charge < -0.3 is 20.1 Å². The lowest BCUT2D eigenvalue weighted by Crippen LogP contribution is -2.37. The molecule has 5 nitrogen and oxygen atoms in total. The van der Waals surface area contributed by atoms with Gasteiger partial charge in [-0.3, -0.25) is 0 Å². The number of rotatable bonds is 10. The lowest BCUT2D eigenvalue weighted by Gasteiger charge is -2.10. The van der Waals surface area contributed by atoms with Crippen molar-refractivity contribution >= 4 is 5.96 Å². The van der Waals surface area contributed by atoms with Crippen LogP contribution in [-0.4, -0.2) is 39.4 Å². The number of hydrogen-bond donors (Lipinski definition) is 2. The first-order valence-electron chi connectivity index (χ1n) is 7.64. The summed E-state index contributed by atoms with van der Waals surface area (Å²) in [5, 5.41) is 6.38. The normalized spacial score (nSPS) is 11.1. The predicted molar refractivity (Wildman–Crippen MR) is 91.4 cm³/mol. The molecule has 0 saturated carbocycles. The average Bonchev–Trinajstić information content (AvgIpc) is 2.54. The Labute approximate surface area is 133 Å². The van der Waals surface area contributed by atoms with E-state index in [2.05, 4.69) is 22.2 Å². The zero-order valence-corrected chi connectivity index (χ0v) is 13.6. The van der Waals surface area contributed by atoms with Crippen LogP contribution in [0.1, 0.15) is 18.9 Å². The minimum Gasteiger partial charge on any atom is -0.493 e. The Bertz CT molecular complexity index is 461. The predicted octanol–water partition coefficient (Wildman–Crippen LogP) is 2.34. The van der Waals surface area contributed by atoms with Crippen molar-refractivity contribution in [2.45, 2.75) is 19.9 Å². The molecule has 0 saturated heterocycles. The van der Waals surface area contributed by atoms with Gasteiger partial charge in [0.15, 0.2) is 5.96 Å². The monoisotopic (exact) mass is 305 g/mol. The zero-order valence-electron chi connectivity index (χ0n) is 13.6. The van der Waals surface area contributed by atoms with E-state index in [0.717, 1.165) is 30.2 Å². The molecule has 0 aliphatic rings. The second-order valence-electron chi connectivity index (χ2n) is 4.71. The van der Waals surface area contributed by atoms with Crippen molar-refractivity contribution in [2.24, 2.45) is 4.99 Å². The van der Waals surface area contributed by atoms with Crippen LogP contribution in [0.15, 0.2) is 41.9 Å². The zero-order chi connectivity index (χ0) is 16.0. The third-order valence-electron chi connectivity index (χ3n) is 2.84. The molecule has 1 rings (SSSR count). The van der Waals surface area contributed by atoms with Gasteiger partial charge in [-0.05, 0) is 24.6 Å². The highest BCUT2D eigenvalue weighted by atomic mass is 16.5. The van der Waals surface area contributed by atoms with E-state index >= 15 is 0 Å². The number of hydrogen-bond acceptors (Lipinski definition) is 3. The van der Waals surface area contributed by atoms with Crippen LogP contribution in [0.2, 0.25) is 0 Å². The molecule has 0 aliphatic carbocycles. The van der Waals surface area contributed by atoms with E-state index in [1.807, 2.05) is 31.2 Å². The van der Waals surface area contributed by atoms with Crippen molar-refractivity contribution in [2.75, 3.05) is 33.4 Å². The second-order valence-corrected chi connectivity index (χ2v) is 4.71. The fourth-order valence-corrected chi connectivity index (χ4v) is 1.81. The molecule has 0 heterocycles. The molecule has 2 N–H and O–H groups in total. The van der Waals surface area contributed by atoms with Gasteiger partial charge in [-0.25, -0.2) is 4.99 Å². The van der Waals surface area contributed by atoms with Crippen molar-refractivity contribution in [3.05, 3.63) is 42.5 Å².